The molecule has 0 aliphatic heterocycles. The fourth-order valence-electron chi connectivity index (χ4n) is 1.45. The van der Waals surface area contributed by atoms with Crippen molar-refractivity contribution >= 4 is 5.97 Å². The molecule has 0 aliphatic carbocycles. The SMILES string of the molecule is CCC(C)c1c(O)cccc1C(=O)[O-].[Na+]. The predicted molar refractivity (Wildman–Crippen MR) is 51.1 cm³/mol. The molecule has 0 heterocycles. The Balaban J connectivity index is 0.00000196. The van der Waals surface area contributed by atoms with E-state index in [2.05, 4.69) is 0 Å². The van der Waals surface area contributed by atoms with Gasteiger partial charge in [-0.1, -0.05) is 26.0 Å². The second kappa shape index (κ2) is 6.16. The van der Waals surface area contributed by atoms with Gasteiger partial charge in [0.1, 0.15) is 5.75 Å². The average Bonchev–Trinajstić information content (AvgIpc) is 2.16. The van der Waals surface area contributed by atoms with Crippen LogP contribution in [0.4, 0.5) is 0 Å². The maximum Gasteiger partial charge on any atom is 1.00 e. The first-order valence-corrected chi connectivity index (χ1v) is 4.61. The first-order chi connectivity index (χ1) is 6.57. The van der Waals surface area contributed by atoms with E-state index in [4.69, 9.17) is 0 Å². The van der Waals surface area contributed by atoms with Crippen LogP contribution in [0.3, 0.4) is 0 Å². The Hall–Kier alpha value is -0.510. The number of carbonyl (C=O) groups is 1. The second-order valence-corrected chi connectivity index (χ2v) is 3.34. The van der Waals surface area contributed by atoms with Gasteiger partial charge in [0.05, 0.1) is 5.97 Å². The maximum atomic E-state index is 10.8. The molecule has 1 atom stereocenters. The van der Waals surface area contributed by atoms with Gasteiger partial charge >= 0.3 is 29.6 Å². The van der Waals surface area contributed by atoms with Gasteiger partial charge in [0.25, 0.3) is 0 Å². The molecular formula is C11H13NaO3. The molecule has 76 valence electrons. The Morgan fingerprint density at radius 1 is 1.53 bits per heavy atom. The van der Waals surface area contributed by atoms with Crippen molar-refractivity contribution in [3.8, 4) is 5.75 Å². The van der Waals surface area contributed by atoms with E-state index in [9.17, 15) is 15.0 Å². The van der Waals surface area contributed by atoms with Crippen LogP contribution in [0.15, 0.2) is 18.2 Å². The number of carboxylic acid groups (broad SMARTS) is 1. The standard InChI is InChI=1S/C11H14O3.Na/c1-3-7(2)10-8(11(13)14)5-4-6-9(10)12;/h4-7,12H,3H2,1-2H3,(H,13,14);/q;+1/p-1. The van der Waals surface area contributed by atoms with Gasteiger partial charge in [-0.05, 0) is 18.4 Å². The molecule has 0 radical (unpaired) electrons. The minimum Gasteiger partial charge on any atom is -0.545 e. The molecule has 1 N–H and O–H groups in total. The summed E-state index contributed by atoms with van der Waals surface area (Å²) in [5.74, 6) is -1.19. The average molecular weight is 216 g/mol. The third kappa shape index (κ3) is 3.23. The monoisotopic (exact) mass is 216 g/mol. The van der Waals surface area contributed by atoms with Gasteiger partial charge in [-0.25, -0.2) is 0 Å². The van der Waals surface area contributed by atoms with E-state index in [1.807, 2.05) is 13.8 Å². The molecule has 0 amide bonds. The predicted octanol–water partition coefficient (Wildman–Crippen LogP) is -1.73. The largest absolute Gasteiger partial charge is 1.00 e. The number of phenols is 1. The number of carboxylic acids is 1. The smallest absolute Gasteiger partial charge is 0.545 e. The van der Waals surface area contributed by atoms with Gasteiger partial charge in [-0.3, -0.25) is 0 Å². The van der Waals surface area contributed by atoms with E-state index < -0.39 is 5.97 Å². The number of carbonyl (C=O) groups excluding carboxylic acids is 1. The Kier molecular flexibility index (Phi) is 5.95. The van der Waals surface area contributed by atoms with Gasteiger partial charge in [0, 0.05) is 11.1 Å². The van der Waals surface area contributed by atoms with Crippen molar-refractivity contribution in [1.82, 2.24) is 0 Å². The van der Waals surface area contributed by atoms with Crippen molar-refractivity contribution in [2.75, 3.05) is 0 Å². The number of aromatic hydroxyl groups is 1. The fraction of sp³-hybridized carbons (Fsp3) is 0.364. The summed E-state index contributed by atoms with van der Waals surface area (Å²) < 4.78 is 0. The van der Waals surface area contributed by atoms with Crippen LogP contribution < -0.4 is 34.7 Å². The van der Waals surface area contributed by atoms with Gasteiger partial charge in [-0.15, -0.1) is 0 Å². The molecule has 1 unspecified atom stereocenters. The van der Waals surface area contributed by atoms with E-state index in [1.54, 1.807) is 0 Å². The number of benzene rings is 1. The molecule has 0 saturated carbocycles. The summed E-state index contributed by atoms with van der Waals surface area (Å²) in [4.78, 5) is 10.8. The molecule has 1 aromatic carbocycles. The summed E-state index contributed by atoms with van der Waals surface area (Å²) in [6.45, 7) is 3.82. The van der Waals surface area contributed by atoms with Crippen LogP contribution >= 0.6 is 0 Å². The van der Waals surface area contributed by atoms with E-state index in [0.29, 0.717) is 5.56 Å². The van der Waals surface area contributed by atoms with Gasteiger partial charge in [0.2, 0.25) is 0 Å². The molecule has 0 spiro atoms. The molecule has 1 aromatic rings. The summed E-state index contributed by atoms with van der Waals surface area (Å²) in [6, 6.07) is 4.46. The quantitative estimate of drug-likeness (QED) is 0.611. The zero-order chi connectivity index (χ0) is 10.7. The summed E-state index contributed by atoms with van der Waals surface area (Å²) in [5, 5.41) is 20.3. The summed E-state index contributed by atoms with van der Waals surface area (Å²) >= 11 is 0. The van der Waals surface area contributed by atoms with Crippen molar-refractivity contribution in [2.45, 2.75) is 26.2 Å². The van der Waals surface area contributed by atoms with E-state index >= 15 is 0 Å². The van der Waals surface area contributed by atoms with Crippen LogP contribution in [-0.2, 0) is 0 Å². The Morgan fingerprint density at radius 2 is 2.13 bits per heavy atom. The summed E-state index contributed by atoms with van der Waals surface area (Å²) in [7, 11) is 0. The molecule has 15 heavy (non-hydrogen) atoms. The van der Waals surface area contributed by atoms with Crippen LogP contribution in [0.1, 0.15) is 42.1 Å². The van der Waals surface area contributed by atoms with Crippen molar-refractivity contribution in [1.29, 1.82) is 0 Å². The number of hydrogen-bond acceptors (Lipinski definition) is 3. The molecule has 4 heteroatoms. The normalized spacial score (nSPS) is 11.6. The minimum atomic E-state index is -1.24. The molecule has 0 aromatic heterocycles. The van der Waals surface area contributed by atoms with Gasteiger partial charge in [-0.2, -0.15) is 0 Å². The fourth-order valence-corrected chi connectivity index (χ4v) is 1.45. The molecular weight excluding hydrogens is 203 g/mol. The molecule has 3 nitrogen and oxygen atoms in total. The van der Waals surface area contributed by atoms with Gasteiger partial charge in [0.15, 0.2) is 0 Å². The third-order valence-electron chi connectivity index (χ3n) is 2.41. The number of hydrogen-bond donors (Lipinski definition) is 1. The maximum absolute atomic E-state index is 10.8. The molecule has 1 rings (SSSR count). The van der Waals surface area contributed by atoms with Crippen LogP contribution in [0.25, 0.3) is 0 Å². The van der Waals surface area contributed by atoms with E-state index in [1.165, 1.54) is 18.2 Å². The Labute approximate surface area is 111 Å². The molecule has 0 fully saturated rings. The first-order valence-electron chi connectivity index (χ1n) is 4.61. The van der Waals surface area contributed by atoms with E-state index in [0.717, 1.165) is 6.42 Å². The van der Waals surface area contributed by atoms with Crippen LogP contribution in [0.5, 0.6) is 5.75 Å². The van der Waals surface area contributed by atoms with E-state index in [-0.39, 0.29) is 46.8 Å². The Bertz CT molecular complexity index is 350. The third-order valence-corrected chi connectivity index (χ3v) is 2.41. The number of rotatable bonds is 3. The molecule has 0 saturated heterocycles. The van der Waals surface area contributed by atoms with Gasteiger partial charge < -0.3 is 15.0 Å². The van der Waals surface area contributed by atoms with Crippen LogP contribution in [-0.4, -0.2) is 11.1 Å². The van der Waals surface area contributed by atoms with Crippen LogP contribution in [0.2, 0.25) is 0 Å². The Morgan fingerprint density at radius 3 is 2.60 bits per heavy atom. The topological polar surface area (TPSA) is 60.4 Å². The number of phenolic OH excluding ortho intramolecular Hbond substituents is 1. The summed E-state index contributed by atoms with van der Waals surface area (Å²) in [6.07, 6.45) is 0.776. The second-order valence-electron chi connectivity index (χ2n) is 3.34. The van der Waals surface area contributed by atoms with Crippen molar-refractivity contribution in [2.24, 2.45) is 0 Å². The van der Waals surface area contributed by atoms with Crippen molar-refractivity contribution in [3.63, 3.8) is 0 Å². The molecule has 0 aliphatic rings. The van der Waals surface area contributed by atoms with Crippen LogP contribution in [0, 0.1) is 0 Å². The van der Waals surface area contributed by atoms with Crippen molar-refractivity contribution < 1.29 is 44.6 Å². The zero-order valence-corrected chi connectivity index (χ0v) is 11.3. The minimum absolute atomic E-state index is 0. The molecule has 0 bridgehead atoms. The summed E-state index contributed by atoms with van der Waals surface area (Å²) in [5.41, 5.74) is 0.550. The number of aromatic carboxylic acids is 1. The zero-order valence-electron chi connectivity index (χ0n) is 9.28. The first kappa shape index (κ1) is 14.5. The van der Waals surface area contributed by atoms with Crippen molar-refractivity contribution in [3.05, 3.63) is 29.3 Å².